The van der Waals surface area contributed by atoms with E-state index in [0.717, 1.165) is 57.8 Å². The minimum atomic E-state index is -0.669. The molecule has 74 heavy (non-hydrogen) atoms. The van der Waals surface area contributed by atoms with Gasteiger partial charge in [0, 0.05) is 12.8 Å². The summed E-state index contributed by atoms with van der Waals surface area (Å²) in [5, 5.41) is 23.3. The normalized spacial score (nSPS) is 12.9. The van der Waals surface area contributed by atoms with Crippen LogP contribution in [0.1, 0.15) is 348 Å². The van der Waals surface area contributed by atoms with E-state index in [1.165, 1.54) is 257 Å². The molecule has 0 spiro atoms. The maximum Gasteiger partial charge on any atom is 0.305 e. The average Bonchev–Trinajstić information content (AvgIpc) is 3.40. The Kier molecular flexibility index (Phi) is 61.5. The fourth-order valence-corrected chi connectivity index (χ4v) is 10.1. The lowest BCUT2D eigenvalue weighted by atomic mass is 10.0. The number of hydrogen-bond acceptors (Lipinski definition) is 5. The van der Waals surface area contributed by atoms with Crippen LogP contribution < -0.4 is 5.32 Å². The van der Waals surface area contributed by atoms with Crippen molar-refractivity contribution in [2.75, 3.05) is 13.2 Å². The van der Waals surface area contributed by atoms with Crippen LogP contribution in [0.3, 0.4) is 0 Å². The van der Waals surface area contributed by atoms with Crippen LogP contribution in [0.25, 0.3) is 0 Å². The van der Waals surface area contributed by atoms with Gasteiger partial charge in [0.05, 0.1) is 25.4 Å². The van der Waals surface area contributed by atoms with Crippen LogP contribution in [-0.2, 0) is 14.3 Å². The van der Waals surface area contributed by atoms with Gasteiger partial charge in [0.25, 0.3) is 0 Å². The van der Waals surface area contributed by atoms with E-state index >= 15 is 0 Å². The van der Waals surface area contributed by atoms with Crippen molar-refractivity contribution >= 4 is 11.9 Å². The van der Waals surface area contributed by atoms with Crippen molar-refractivity contribution in [3.05, 3.63) is 48.6 Å². The van der Waals surface area contributed by atoms with Gasteiger partial charge in [0.15, 0.2) is 0 Å². The van der Waals surface area contributed by atoms with Gasteiger partial charge in [-0.15, -0.1) is 0 Å². The van der Waals surface area contributed by atoms with Gasteiger partial charge in [0.2, 0.25) is 5.91 Å². The van der Waals surface area contributed by atoms with Gasteiger partial charge in [-0.2, -0.15) is 0 Å². The van der Waals surface area contributed by atoms with Crippen LogP contribution in [-0.4, -0.2) is 47.4 Å². The van der Waals surface area contributed by atoms with E-state index in [2.05, 4.69) is 67.8 Å². The van der Waals surface area contributed by atoms with Crippen molar-refractivity contribution in [1.82, 2.24) is 5.32 Å². The van der Waals surface area contributed by atoms with Crippen molar-refractivity contribution in [2.45, 2.75) is 360 Å². The highest BCUT2D eigenvalue weighted by atomic mass is 16.5. The van der Waals surface area contributed by atoms with Gasteiger partial charge >= 0.3 is 5.97 Å². The Morgan fingerprint density at radius 2 is 0.676 bits per heavy atom. The summed E-state index contributed by atoms with van der Waals surface area (Å²) in [6, 6.07) is -0.547. The van der Waals surface area contributed by atoms with E-state index in [1.54, 1.807) is 0 Å². The first kappa shape index (κ1) is 71.8. The molecule has 0 bridgehead atoms. The Hall–Kier alpha value is -2.18. The third kappa shape index (κ3) is 59.1. The Bertz CT molecular complexity index is 1240. The first-order valence-corrected chi connectivity index (χ1v) is 32.9. The molecule has 0 aliphatic heterocycles. The molecule has 0 aromatic rings. The fourth-order valence-electron chi connectivity index (χ4n) is 10.1. The lowest BCUT2D eigenvalue weighted by Crippen LogP contribution is -2.45. The summed E-state index contributed by atoms with van der Waals surface area (Å²) in [5.74, 6) is -0.0387. The summed E-state index contributed by atoms with van der Waals surface area (Å²) >= 11 is 0. The highest BCUT2D eigenvalue weighted by molar-refractivity contribution is 5.76. The molecular formula is C68H127NO5. The third-order valence-corrected chi connectivity index (χ3v) is 15.1. The molecule has 0 aliphatic carbocycles. The number of aliphatic hydroxyl groups is 2. The number of carbonyl (C=O) groups is 2. The zero-order chi connectivity index (χ0) is 53.6. The summed E-state index contributed by atoms with van der Waals surface area (Å²) < 4.78 is 5.49. The average molecular weight is 1040 g/mol. The first-order valence-electron chi connectivity index (χ1n) is 32.9. The second kappa shape index (κ2) is 63.4. The molecule has 0 fully saturated rings. The number of aliphatic hydroxyl groups excluding tert-OH is 2. The molecule has 0 aliphatic rings. The number of carbonyl (C=O) groups excluding carboxylic acids is 2. The van der Waals surface area contributed by atoms with Gasteiger partial charge in [-0.25, -0.2) is 0 Å². The van der Waals surface area contributed by atoms with Gasteiger partial charge in [-0.05, 0) is 89.9 Å². The van der Waals surface area contributed by atoms with Gasteiger partial charge in [-0.1, -0.05) is 294 Å². The van der Waals surface area contributed by atoms with Crippen molar-refractivity contribution in [3.63, 3.8) is 0 Å². The molecule has 0 saturated heterocycles. The Labute approximate surface area is 461 Å². The first-order chi connectivity index (χ1) is 36.5. The molecule has 1 amide bonds. The van der Waals surface area contributed by atoms with Crippen LogP contribution in [0.2, 0.25) is 0 Å². The zero-order valence-corrected chi connectivity index (χ0v) is 49.6. The van der Waals surface area contributed by atoms with Crippen molar-refractivity contribution in [1.29, 1.82) is 0 Å². The van der Waals surface area contributed by atoms with Gasteiger partial charge in [0.1, 0.15) is 0 Å². The topological polar surface area (TPSA) is 95.9 Å². The molecule has 0 aromatic carbocycles. The lowest BCUT2D eigenvalue weighted by molar-refractivity contribution is -0.143. The van der Waals surface area contributed by atoms with E-state index in [-0.39, 0.29) is 18.5 Å². The molecule has 0 saturated carbocycles. The largest absolute Gasteiger partial charge is 0.466 e. The van der Waals surface area contributed by atoms with Crippen LogP contribution >= 0.6 is 0 Å². The number of unbranched alkanes of at least 4 members (excludes halogenated alkanes) is 42. The van der Waals surface area contributed by atoms with Gasteiger partial charge in [-0.3, -0.25) is 9.59 Å². The van der Waals surface area contributed by atoms with Crippen molar-refractivity contribution in [3.8, 4) is 0 Å². The minimum Gasteiger partial charge on any atom is -0.466 e. The minimum absolute atomic E-state index is 0.00162. The Balaban J connectivity index is 3.43. The molecule has 6 nitrogen and oxygen atoms in total. The second-order valence-electron chi connectivity index (χ2n) is 22.4. The quantitative estimate of drug-likeness (QED) is 0.0320. The second-order valence-corrected chi connectivity index (χ2v) is 22.4. The molecule has 434 valence electrons. The number of amides is 1. The van der Waals surface area contributed by atoms with Crippen molar-refractivity contribution in [2.24, 2.45) is 0 Å². The zero-order valence-electron chi connectivity index (χ0n) is 49.6. The summed E-state index contributed by atoms with van der Waals surface area (Å²) in [6.07, 6.45) is 81.3. The van der Waals surface area contributed by atoms with E-state index in [4.69, 9.17) is 4.74 Å². The maximum atomic E-state index is 12.5. The van der Waals surface area contributed by atoms with Crippen molar-refractivity contribution < 1.29 is 24.5 Å². The molecule has 0 rings (SSSR count). The van der Waals surface area contributed by atoms with E-state index in [0.29, 0.717) is 25.9 Å². The Morgan fingerprint density at radius 1 is 0.378 bits per heavy atom. The van der Waals surface area contributed by atoms with Crippen LogP contribution in [0, 0.1) is 0 Å². The highest BCUT2D eigenvalue weighted by Crippen LogP contribution is 2.17. The van der Waals surface area contributed by atoms with Crippen LogP contribution in [0.5, 0.6) is 0 Å². The summed E-state index contributed by atoms with van der Waals surface area (Å²) in [4.78, 5) is 24.6. The number of esters is 1. The molecular weight excluding hydrogens is 911 g/mol. The predicted molar refractivity (Wildman–Crippen MR) is 324 cm³/mol. The number of nitrogens with one attached hydrogen (secondary N) is 1. The maximum absolute atomic E-state index is 12.5. The van der Waals surface area contributed by atoms with E-state index < -0.39 is 12.1 Å². The number of hydrogen-bond donors (Lipinski definition) is 3. The standard InChI is InChI=1S/C68H127NO5/c1-3-5-7-9-11-13-15-17-19-20-31-34-38-42-46-50-54-58-62-68(73)74-63-59-55-51-47-43-39-35-32-29-27-25-23-21-22-24-26-28-30-33-37-41-45-49-53-57-61-67(72)69-65(64-70)66(71)60-56-52-48-44-40-36-18-16-14-12-10-8-6-4-2/h13,15,19-20,22-25,65-66,70-71H,3-12,14,16-18,21,26-64H2,1-2H3,(H,69,72)/b15-13-,20-19-,24-22-,25-23-. The molecule has 0 aromatic heterocycles. The van der Waals surface area contributed by atoms with E-state index in [1.807, 2.05) is 0 Å². The Morgan fingerprint density at radius 3 is 1.04 bits per heavy atom. The molecule has 2 atom stereocenters. The number of rotatable bonds is 61. The van der Waals surface area contributed by atoms with Crippen LogP contribution in [0.4, 0.5) is 0 Å². The summed E-state index contributed by atoms with van der Waals surface area (Å²) in [5.41, 5.74) is 0. The fraction of sp³-hybridized carbons (Fsp3) is 0.853. The van der Waals surface area contributed by atoms with E-state index in [9.17, 15) is 19.8 Å². The lowest BCUT2D eigenvalue weighted by Gasteiger charge is -2.22. The smallest absolute Gasteiger partial charge is 0.305 e. The molecule has 6 heteroatoms. The highest BCUT2D eigenvalue weighted by Gasteiger charge is 2.20. The van der Waals surface area contributed by atoms with Gasteiger partial charge < -0.3 is 20.3 Å². The van der Waals surface area contributed by atoms with Crippen LogP contribution in [0.15, 0.2) is 48.6 Å². The SMILES string of the molecule is CCCCCC/C=C\C/C=C\CCCCCCCCCC(=O)OCCCCCCCCCCC/C=C\C/C=C\CCCCCCCCCCCC(=O)NC(CO)C(O)CCCCCCCCCCCCCCCC. The summed E-state index contributed by atoms with van der Waals surface area (Å²) in [7, 11) is 0. The number of ether oxygens (including phenoxy) is 1. The summed E-state index contributed by atoms with van der Waals surface area (Å²) in [6.45, 7) is 4.94. The molecule has 0 heterocycles. The monoisotopic (exact) mass is 1040 g/mol. The number of allylic oxidation sites excluding steroid dienone is 8. The predicted octanol–water partition coefficient (Wildman–Crippen LogP) is 20.9. The third-order valence-electron chi connectivity index (χ3n) is 15.1. The molecule has 2 unspecified atom stereocenters. The molecule has 0 radical (unpaired) electrons. The molecule has 3 N–H and O–H groups in total.